The van der Waals surface area contributed by atoms with Crippen LogP contribution in [0.5, 0.6) is 0 Å². The van der Waals surface area contributed by atoms with Crippen molar-refractivity contribution in [1.82, 2.24) is 20.4 Å². The van der Waals surface area contributed by atoms with Crippen molar-refractivity contribution < 1.29 is 30.0 Å². The van der Waals surface area contributed by atoms with Crippen LogP contribution in [-0.4, -0.2) is 118 Å². The Balaban J connectivity index is 2.47. The molecule has 10 nitrogen and oxygen atoms in total. The Labute approximate surface area is 376 Å². The van der Waals surface area contributed by atoms with Gasteiger partial charge in [-0.25, -0.2) is 0 Å². The average Bonchev–Trinajstić information content (AvgIpc) is 3.22. The molecule has 0 aromatic heterocycles. The molecule has 0 bridgehead atoms. The van der Waals surface area contributed by atoms with E-state index in [0.29, 0.717) is 39.0 Å². The molecule has 1 aliphatic rings. The van der Waals surface area contributed by atoms with Crippen LogP contribution in [0.3, 0.4) is 0 Å². The van der Waals surface area contributed by atoms with E-state index in [1.165, 1.54) is 116 Å². The molecule has 2 amide bonds. The smallest absolute Gasteiger partial charge is 0.243 e. The van der Waals surface area contributed by atoms with E-state index in [-0.39, 0.29) is 11.8 Å². The second kappa shape index (κ2) is 40.2. The molecule has 61 heavy (non-hydrogen) atoms. The number of carbonyl (C=O) groups is 2. The minimum absolute atomic E-state index is 0.122. The number of hydrogen-bond acceptors (Lipinski definition) is 8. The van der Waals surface area contributed by atoms with E-state index in [2.05, 4.69) is 41.2 Å². The van der Waals surface area contributed by atoms with Gasteiger partial charge in [-0.15, -0.1) is 0 Å². The highest BCUT2D eigenvalue weighted by atomic mass is 16.3. The average molecular weight is 867 g/mol. The minimum atomic E-state index is -0.540. The lowest BCUT2D eigenvalue weighted by atomic mass is 10.0. The first-order chi connectivity index (χ1) is 29.6. The van der Waals surface area contributed by atoms with Crippen molar-refractivity contribution >= 4 is 11.8 Å². The van der Waals surface area contributed by atoms with Gasteiger partial charge in [0, 0.05) is 26.2 Å². The van der Waals surface area contributed by atoms with Crippen molar-refractivity contribution in [1.29, 1.82) is 0 Å². The number of aliphatic hydroxyl groups excluding tert-OH is 4. The number of carbonyl (C=O) groups excluding carboxylic acids is 2. The predicted octanol–water partition coefficient (Wildman–Crippen LogP) is 9.97. The van der Waals surface area contributed by atoms with Crippen LogP contribution in [0.4, 0.5) is 0 Å². The number of hydrogen-bond donors (Lipinski definition) is 6. The van der Waals surface area contributed by atoms with Crippen LogP contribution in [0, 0.1) is 0 Å². The van der Waals surface area contributed by atoms with Gasteiger partial charge in [0.05, 0.1) is 24.4 Å². The molecule has 0 saturated carbocycles. The van der Waals surface area contributed by atoms with E-state index >= 15 is 0 Å². The number of nitrogens with zero attached hydrogens (tertiary/aromatic N) is 2. The van der Waals surface area contributed by atoms with E-state index in [1.807, 2.05) is 0 Å². The monoisotopic (exact) mass is 867 g/mol. The normalized spacial score (nSPS) is 17.8. The highest BCUT2D eigenvalue weighted by molar-refractivity contribution is 5.96. The Morgan fingerprint density at radius 3 is 0.984 bits per heavy atom. The van der Waals surface area contributed by atoms with Gasteiger partial charge >= 0.3 is 0 Å². The minimum Gasteiger partial charge on any atom is -0.392 e. The highest BCUT2D eigenvalue weighted by Crippen LogP contribution is 2.17. The summed E-state index contributed by atoms with van der Waals surface area (Å²) < 4.78 is 0. The second-order valence-electron chi connectivity index (χ2n) is 19.2. The Hall–Kier alpha value is -1.30. The van der Waals surface area contributed by atoms with Gasteiger partial charge in [-0.2, -0.15) is 0 Å². The third-order valence-corrected chi connectivity index (χ3v) is 12.8. The second-order valence-corrected chi connectivity index (χ2v) is 19.2. The summed E-state index contributed by atoms with van der Waals surface area (Å²) in [5, 5.41) is 48.7. The number of amides is 2. The molecule has 6 N–H and O–H groups in total. The van der Waals surface area contributed by atoms with Crippen LogP contribution in [0.2, 0.25) is 0 Å². The number of rotatable bonds is 45. The predicted molar refractivity (Wildman–Crippen MR) is 256 cm³/mol. The molecule has 0 aromatic carbocycles. The lowest BCUT2D eigenvalue weighted by molar-refractivity contribution is -0.137. The number of unbranched alkanes of at least 4 members (excludes halogenated alkanes) is 23. The van der Waals surface area contributed by atoms with E-state index in [9.17, 15) is 30.0 Å². The maximum Gasteiger partial charge on any atom is 0.243 e. The Morgan fingerprint density at radius 1 is 0.410 bits per heavy atom. The maximum atomic E-state index is 13.1. The summed E-state index contributed by atoms with van der Waals surface area (Å²) in [5.41, 5.74) is 0. The van der Waals surface area contributed by atoms with E-state index in [1.54, 1.807) is 6.92 Å². The third-order valence-electron chi connectivity index (χ3n) is 12.8. The molecule has 1 rings (SSSR count). The number of aliphatic hydroxyl groups is 4. The van der Waals surface area contributed by atoms with Gasteiger partial charge in [0.2, 0.25) is 11.8 Å². The van der Waals surface area contributed by atoms with Crippen LogP contribution in [0.25, 0.3) is 0 Å². The molecule has 0 radical (unpaired) electrons. The fourth-order valence-electron chi connectivity index (χ4n) is 9.05. The maximum absolute atomic E-state index is 13.1. The van der Waals surface area contributed by atoms with E-state index in [0.717, 1.165) is 96.6 Å². The van der Waals surface area contributed by atoms with Crippen molar-refractivity contribution in [2.75, 3.05) is 39.3 Å². The molecule has 0 spiro atoms. The lowest BCUT2D eigenvalue weighted by Crippen LogP contribution is -2.61. The Kier molecular flexibility index (Phi) is 38.1. The van der Waals surface area contributed by atoms with Gasteiger partial charge in [-0.1, -0.05) is 175 Å². The zero-order valence-corrected chi connectivity index (χ0v) is 40.5. The summed E-state index contributed by atoms with van der Waals surface area (Å²) in [5.74, 6) is -0.246. The van der Waals surface area contributed by atoms with Crippen molar-refractivity contribution in [3.63, 3.8) is 0 Å². The molecule has 1 fully saturated rings. The SMILES string of the molecule is CCCCCCCCCC[C@H](O)CN(CCCC[C@@H]1NC(=O)[C@H](CCCCN(C[C@@H](O)CCCCCCCCCC)C[C@H](C)O)NC1=O)C[C@@H](O)CCCCCCCCCC. The van der Waals surface area contributed by atoms with Crippen molar-refractivity contribution in [2.45, 2.75) is 276 Å². The lowest BCUT2D eigenvalue weighted by Gasteiger charge is -2.31. The highest BCUT2D eigenvalue weighted by Gasteiger charge is 2.33. The van der Waals surface area contributed by atoms with Gasteiger partial charge in [0.25, 0.3) is 0 Å². The number of piperazine rings is 1. The molecular weight excluding hydrogens is 765 g/mol. The molecule has 1 saturated heterocycles. The summed E-state index contributed by atoms with van der Waals surface area (Å²) in [6, 6.07) is -1.08. The van der Waals surface area contributed by atoms with Gasteiger partial charge < -0.3 is 31.1 Å². The first-order valence-corrected chi connectivity index (χ1v) is 26.4. The van der Waals surface area contributed by atoms with Crippen molar-refractivity contribution in [3.05, 3.63) is 0 Å². The van der Waals surface area contributed by atoms with Gasteiger partial charge in [-0.05, 0) is 77.8 Å². The van der Waals surface area contributed by atoms with E-state index < -0.39 is 36.5 Å². The molecular formula is C51H102N4O6. The first kappa shape index (κ1) is 57.7. The molecule has 0 unspecified atom stereocenters. The molecule has 1 aliphatic heterocycles. The third kappa shape index (κ3) is 33.8. The standard InChI is InChI=1S/C51H102N4O6/c1-5-8-11-14-17-20-23-26-33-45(57)41-54(40-44(4)56)38-31-29-36-48-50(60)53-49(51(61)52-48)37-30-32-39-55(42-46(58)34-27-24-21-18-15-12-9-6-2)43-47(59)35-28-25-22-19-16-13-10-7-3/h44-49,56-59H,5-43H2,1-4H3,(H,52,61)(H,53,60)/t44-,45-,46-,47-,48-,49-/m0/s1. The van der Waals surface area contributed by atoms with Crippen LogP contribution >= 0.6 is 0 Å². The molecule has 362 valence electrons. The van der Waals surface area contributed by atoms with Crippen LogP contribution in [0.1, 0.15) is 240 Å². The fourth-order valence-corrected chi connectivity index (χ4v) is 9.05. The van der Waals surface area contributed by atoms with Crippen LogP contribution in [0.15, 0.2) is 0 Å². The number of nitrogens with one attached hydrogen (secondary N) is 2. The van der Waals surface area contributed by atoms with Crippen molar-refractivity contribution in [2.24, 2.45) is 0 Å². The topological polar surface area (TPSA) is 146 Å². The van der Waals surface area contributed by atoms with Crippen LogP contribution in [-0.2, 0) is 9.59 Å². The van der Waals surface area contributed by atoms with Gasteiger partial charge in [-0.3, -0.25) is 19.4 Å². The Bertz CT molecular complexity index is 976. The van der Waals surface area contributed by atoms with Gasteiger partial charge in [0.1, 0.15) is 12.1 Å². The zero-order valence-electron chi connectivity index (χ0n) is 40.5. The summed E-state index contributed by atoms with van der Waals surface area (Å²) >= 11 is 0. The summed E-state index contributed by atoms with van der Waals surface area (Å²) in [6.07, 6.45) is 34.7. The Morgan fingerprint density at radius 2 is 0.689 bits per heavy atom. The van der Waals surface area contributed by atoms with Crippen molar-refractivity contribution in [3.8, 4) is 0 Å². The molecule has 10 heteroatoms. The summed E-state index contributed by atoms with van der Waals surface area (Å²) in [6.45, 7) is 12.2. The summed E-state index contributed by atoms with van der Waals surface area (Å²) in [4.78, 5) is 30.5. The quantitative estimate of drug-likeness (QED) is 0.0332. The van der Waals surface area contributed by atoms with Gasteiger partial charge in [0.15, 0.2) is 0 Å². The fraction of sp³-hybridized carbons (Fsp3) is 0.961. The largest absolute Gasteiger partial charge is 0.392 e. The molecule has 6 atom stereocenters. The van der Waals surface area contributed by atoms with Crippen LogP contribution < -0.4 is 10.6 Å². The molecule has 0 aromatic rings. The summed E-state index contributed by atoms with van der Waals surface area (Å²) in [7, 11) is 0. The molecule has 0 aliphatic carbocycles. The first-order valence-electron chi connectivity index (χ1n) is 26.4. The van der Waals surface area contributed by atoms with E-state index in [4.69, 9.17) is 0 Å². The zero-order chi connectivity index (χ0) is 44.8. The molecule has 1 heterocycles.